The van der Waals surface area contributed by atoms with Gasteiger partial charge in [0, 0.05) is 13.0 Å². The molecule has 1 aromatic carbocycles. The number of amides is 2. The first-order chi connectivity index (χ1) is 13.1. The van der Waals surface area contributed by atoms with Crippen LogP contribution in [0.5, 0.6) is 0 Å². The van der Waals surface area contributed by atoms with E-state index in [1.165, 1.54) is 23.1 Å². The lowest BCUT2D eigenvalue weighted by Gasteiger charge is -2.09. The van der Waals surface area contributed by atoms with Crippen molar-refractivity contribution in [2.24, 2.45) is 5.73 Å². The number of carbonyl (C=O) groups excluding carboxylic acids is 2. The molecule has 0 saturated carbocycles. The van der Waals surface area contributed by atoms with Gasteiger partial charge in [-0.15, -0.1) is 11.8 Å². The third kappa shape index (κ3) is 6.30. The summed E-state index contributed by atoms with van der Waals surface area (Å²) >= 11 is 2.51. The summed E-state index contributed by atoms with van der Waals surface area (Å²) in [4.78, 5) is 27.4. The molecule has 0 bridgehead atoms. The minimum atomic E-state index is -3.68. The molecule has 11 heteroatoms. The van der Waals surface area contributed by atoms with Gasteiger partial charge in [-0.25, -0.2) is 18.1 Å². The number of nitrogens with two attached hydrogens (primary N) is 1. The maximum atomic E-state index is 12.4. The lowest BCUT2D eigenvalue weighted by molar-refractivity contribution is -0.116. The van der Waals surface area contributed by atoms with E-state index in [9.17, 15) is 18.0 Å². The fourth-order valence-electron chi connectivity index (χ4n) is 2.37. The Balaban J connectivity index is 1.89. The Kier molecular flexibility index (Phi) is 7.58. The summed E-state index contributed by atoms with van der Waals surface area (Å²) in [7, 11) is -3.68. The molecule has 2 amide bonds. The van der Waals surface area contributed by atoms with Crippen LogP contribution < -0.4 is 15.8 Å². The van der Waals surface area contributed by atoms with Gasteiger partial charge in [-0.2, -0.15) is 0 Å². The van der Waals surface area contributed by atoms with Gasteiger partial charge in [-0.3, -0.25) is 9.59 Å². The summed E-state index contributed by atoms with van der Waals surface area (Å²) in [6.07, 6.45) is -0.0352. The van der Waals surface area contributed by atoms with Crippen molar-refractivity contribution in [3.63, 3.8) is 0 Å². The first kappa shape index (κ1) is 22.3. The van der Waals surface area contributed by atoms with E-state index in [1.807, 2.05) is 6.92 Å². The minimum Gasteiger partial charge on any atom is -0.369 e. The molecule has 8 nitrogen and oxygen atoms in total. The average Bonchev–Trinajstić information content (AvgIpc) is 2.91. The quantitative estimate of drug-likeness (QED) is 0.509. The Bertz CT molecular complexity index is 986. The fraction of sp³-hybridized carbons (Fsp3) is 0.353. The molecule has 2 rings (SSSR count). The number of anilines is 1. The third-order valence-electron chi connectivity index (χ3n) is 3.61. The van der Waals surface area contributed by atoms with Crippen molar-refractivity contribution >= 4 is 50.1 Å². The van der Waals surface area contributed by atoms with E-state index >= 15 is 0 Å². The van der Waals surface area contributed by atoms with Crippen LogP contribution in [-0.2, 0) is 19.6 Å². The van der Waals surface area contributed by atoms with Gasteiger partial charge in [0.1, 0.15) is 0 Å². The Labute approximate surface area is 172 Å². The van der Waals surface area contributed by atoms with Crippen molar-refractivity contribution in [3.8, 4) is 0 Å². The van der Waals surface area contributed by atoms with Crippen molar-refractivity contribution in [2.45, 2.75) is 36.3 Å². The zero-order valence-corrected chi connectivity index (χ0v) is 18.2. The summed E-state index contributed by atoms with van der Waals surface area (Å²) in [5, 5.41) is 3.03. The third-order valence-corrected chi connectivity index (χ3v) is 7.69. The number of rotatable bonds is 9. The number of hydrogen-bond acceptors (Lipinski definition) is 7. The highest BCUT2D eigenvalue weighted by Gasteiger charge is 2.17. The number of nitrogens with one attached hydrogen (secondary N) is 2. The van der Waals surface area contributed by atoms with Crippen LogP contribution in [0.2, 0.25) is 0 Å². The summed E-state index contributed by atoms with van der Waals surface area (Å²) in [6.45, 7) is 5.36. The molecule has 0 aliphatic rings. The van der Waals surface area contributed by atoms with Gasteiger partial charge >= 0.3 is 0 Å². The predicted octanol–water partition coefficient (Wildman–Crippen LogP) is 1.95. The van der Waals surface area contributed by atoms with Crippen molar-refractivity contribution in [2.75, 3.05) is 17.6 Å². The van der Waals surface area contributed by atoms with E-state index in [2.05, 4.69) is 15.0 Å². The normalized spacial score (nSPS) is 11.4. The number of benzene rings is 1. The molecule has 0 unspecified atom stereocenters. The molecule has 28 heavy (non-hydrogen) atoms. The summed E-state index contributed by atoms with van der Waals surface area (Å²) in [5.74, 6) is -0.653. The van der Waals surface area contributed by atoms with Crippen LogP contribution in [0.1, 0.15) is 23.2 Å². The monoisotopic (exact) mass is 442 g/mol. The van der Waals surface area contributed by atoms with Crippen LogP contribution in [0.4, 0.5) is 5.13 Å². The zero-order chi connectivity index (χ0) is 20.9. The Hall–Kier alpha value is -1.95. The summed E-state index contributed by atoms with van der Waals surface area (Å²) in [5.41, 5.74) is 7.45. The first-order valence-corrected chi connectivity index (χ1v) is 11.6. The maximum Gasteiger partial charge on any atom is 0.240 e. The number of aryl methyl sites for hydroxylation is 3. The molecule has 1 aromatic heterocycles. The summed E-state index contributed by atoms with van der Waals surface area (Å²) in [6, 6.07) is 5.07. The van der Waals surface area contributed by atoms with Crippen molar-refractivity contribution in [3.05, 3.63) is 35.0 Å². The Morgan fingerprint density at radius 2 is 1.96 bits per heavy atom. The molecule has 0 atom stereocenters. The zero-order valence-electron chi connectivity index (χ0n) is 15.7. The molecule has 0 aliphatic heterocycles. The van der Waals surface area contributed by atoms with Crippen LogP contribution in [0.25, 0.3) is 0 Å². The van der Waals surface area contributed by atoms with Gasteiger partial charge in [0.25, 0.3) is 0 Å². The van der Waals surface area contributed by atoms with E-state index in [0.29, 0.717) is 16.4 Å². The van der Waals surface area contributed by atoms with Crippen molar-refractivity contribution in [1.82, 2.24) is 9.71 Å². The molecule has 0 aliphatic carbocycles. The van der Waals surface area contributed by atoms with Crippen LogP contribution >= 0.6 is 23.1 Å². The van der Waals surface area contributed by atoms with Gasteiger partial charge in [-0.05, 0) is 32.4 Å². The predicted molar refractivity (Wildman–Crippen MR) is 111 cm³/mol. The Morgan fingerprint density at radius 3 is 2.61 bits per heavy atom. The molecule has 4 N–H and O–H groups in total. The van der Waals surface area contributed by atoms with Crippen LogP contribution in [0.3, 0.4) is 0 Å². The van der Waals surface area contributed by atoms with Crippen molar-refractivity contribution < 1.29 is 18.0 Å². The van der Waals surface area contributed by atoms with Gasteiger partial charge < -0.3 is 11.1 Å². The average molecular weight is 443 g/mol. The first-order valence-electron chi connectivity index (χ1n) is 8.34. The lowest BCUT2D eigenvalue weighted by atomic mass is 10.2. The molecular weight excluding hydrogens is 420 g/mol. The van der Waals surface area contributed by atoms with Crippen LogP contribution in [0, 0.1) is 20.8 Å². The topological polar surface area (TPSA) is 131 Å². The lowest BCUT2D eigenvalue weighted by Crippen LogP contribution is -2.28. The number of hydrogen-bond donors (Lipinski definition) is 3. The second kappa shape index (κ2) is 9.50. The van der Waals surface area contributed by atoms with Crippen LogP contribution in [0.15, 0.2) is 27.3 Å². The SMILES string of the molecule is Cc1ccc(S(=O)(=O)NCCC(=O)Nc2nc(C)c(SCC(N)=O)s2)c(C)c1. The van der Waals surface area contributed by atoms with Gasteiger partial charge in [0.15, 0.2) is 5.13 Å². The highest BCUT2D eigenvalue weighted by molar-refractivity contribution is 8.01. The van der Waals surface area contributed by atoms with E-state index < -0.39 is 15.9 Å². The number of thioether (sulfide) groups is 1. The van der Waals surface area contributed by atoms with E-state index in [0.717, 1.165) is 9.77 Å². The maximum absolute atomic E-state index is 12.4. The highest BCUT2D eigenvalue weighted by Crippen LogP contribution is 2.31. The number of aromatic nitrogens is 1. The fourth-order valence-corrected chi connectivity index (χ4v) is 5.52. The smallest absolute Gasteiger partial charge is 0.240 e. The standard InChI is InChI=1S/C17H22N4O4S3/c1-10-4-5-13(11(2)8-10)28(24,25)19-7-6-15(23)21-17-20-12(3)16(27-17)26-9-14(18)22/h4-5,8,19H,6-7,9H2,1-3H3,(H2,18,22)(H,20,21,23). The van der Waals surface area contributed by atoms with E-state index in [-0.39, 0.29) is 29.5 Å². The largest absolute Gasteiger partial charge is 0.369 e. The van der Waals surface area contributed by atoms with Gasteiger partial charge in [0.2, 0.25) is 21.8 Å². The number of carbonyl (C=O) groups is 2. The van der Waals surface area contributed by atoms with E-state index in [1.54, 1.807) is 32.0 Å². The highest BCUT2D eigenvalue weighted by atomic mass is 32.2. The second-order valence-corrected chi connectivity index (χ2v) is 10.1. The number of sulfonamides is 1. The molecule has 0 fully saturated rings. The number of thiazole rings is 1. The Morgan fingerprint density at radius 1 is 1.25 bits per heavy atom. The summed E-state index contributed by atoms with van der Waals surface area (Å²) < 4.78 is 28.0. The molecule has 1 heterocycles. The van der Waals surface area contributed by atoms with E-state index in [4.69, 9.17) is 5.73 Å². The van der Waals surface area contributed by atoms with Gasteiger partial charge in [-0.1, -0.05) is 29.0 Å². The second-order valence-electron chi connectivity index (χ2n) is 6.11. The molecular formula is C17H22N4O4S3. The van der Waals surface area contributed by atoms with Crippen LogP contribution in [-0.4, -0.2) is 37.5 Å². The molecule has 0 radical (unpaired) electrons. The minimum absolute atomic E-state index is 0.0326. The molecule has 2 aromatic rings. The molecule has 152 valence electrons. The number of primary amides is 1. The number of nitrogens with zero attached hydrogens (tertiary/aromatic N) is 1. The van der Waals surface area contributed by atoms with Gasteiger partial charge in [0.05, 0.1) is 20.6 Å². The molecule has 0 spiro atoms. The molecule has 0 saturated heterocycles. The van der Waals surface area contributed by atoms with Crippen molar-refractivity contribution in [1.29, 1.82) is 0 Å².